The molecule has 0 saturated carbocycles. The van der Waals surface area contributed by atoms with Gasteiger partial charge < -0.3 is 9.84 Å². The number of rotatable bonds is 4. The van der Waals surface area contributed by atoms with E-state index in [9.17, 15) is 15.2 Å². The Balaban J connectivity index is 0.00000242. The molecule has 22 heavy (non-hydrogen) atoms. The molecule has 1 aromatic rings. The number of hydrogen-bond donors (Lipinski definition) is 1. The normalized spacial score (nSPS) is 22.5. The van der Waals surface area contributed by atoms with Gasteiger partial charge in [-0.3, -0.25) is 15.0 Å². The molecule has 2 atom stereocenters. The number of aliphatic hydroxyl groups excluding tert-OH is 1. The summed E-state index contributed by atoms with van der Waals surface area (Å²) in [5, 5.41) is 21.7. The number of nitro groups is 1. The Bertz CT molecular complexity index is 546. The maximum Gasteiger partial charge on any atom is 0.270 e. The Labute approximate surface area is 136 Å². The number of ether oxygens (including phenoxy) is 1. The van der Waals surface area contributed by atoms with Crippen molar-refractivity contribution in [3.05, 3.63) is 33.9 Å². The molecule has 0 aliphatic carbocycles. The largest absolute Gasteiger partial charge is 0.485 e. The lowest BCUT2D eigenvalue weighted by atomic mass is 9.85. The highest BCUT2D eigenvalue weighted by Gasteiger charge is 2.45. The molecule has 1 N–H and O–H groups in total. The van der Waals surface area contributed by atoms with E-state index in [2.05, 4.69) is 4.90 Å². The second-order valence-electron chi connectivity index (χ2n) is 5.80. The minimum atomic E-state index is -0.757. The lowest BCUT2D eigenvalue weighted by Crippen LogP contribution is -2.53. The zero-order valence-corrected chi connectivity index (χ0v) is 14.1. The molecule has 2 unspecified atom stereocenters. The second-order valence-corrected chi connectivity index (χ2v) is 5.80. The van der Waals surface area contributed by atoms with Crippen LogP contribution in [0.1, 0.15) is 39.3 Å². The summed E-state index contributed by atoms with van der Waals surface area (Å²) in [5.74, 6) is 0.604. The standard InChI is InChI=1S/C15H22N2O4.ClH/c1-5-16(6-2)13-11-9-10(17(19)20)7-8-12(11)21-15(3,4)14(13)18;/h7-9,13-14,18H,5-6H2,1-4H3;1H. The molecule has 1 aromatic carbocycles. The van der Waals surface area contributed by atoms with Crippen molar-refractivity contribution in [2.24, 2.45) is 0 Å². The first-order chi connectivity index (χ1) is 9.81. The summed E-state index contributed by atoms with van der Waals surface area (Å²) in [5.41, 5.74) is -0.0442. The van der Waals surface area contributed by atoms with Gasteiger partial charge in [-0.15, -0.1) is 12.4 Å². The Morgan fingerprint density at radius 3 is 2.45 bits per heavy atom. The monoisotopic (exact) mass is 330 g/mol. The van der Waals surface area contributed by atoms with Crippen LogP contribution in [0.3, 0.4) is 0 Å². The molecule has 2 rings (SSSR count). The number of nitro benzene ring substituents is 1. The smallest absolute Gasteiger partial charge is 0.270 e. The third-order valence-electron chi connectivity index (χ3n) is 4.11. The number of aliphatic hydroxyl groups is 1. The van der Waals surface area contributed by atoms with E-state index in [0.717, 1.165) is 13.1 Å². The van der Waals surface area contributed by atoms with Gasteiger partial charge in [-0.25, -0.2) is 0 Å². The molecule has 0 amide bonds. The summed E-state index contributed by atoms with van der Waals surface area (Å²) in [6.45, 7) is 9.18. The van der Waals surface area contributed by atoms with Crippen molar-refractivity contribution in [1.29, 1.82) is 0 Å². The van der Waals surface area contributed by atoms with E-state index in [1.54, 1.807) is 6.07 Å². The molecule has 1 aliphatic rings. The molecule has 124 valence electrons. The summed E-state index contributed by atoms with van der Waals surface area (Å²) in [7, 11) is 0. The lowest BCUT2D eigenvalue weighted by molar-refractivity contribution is -0.385. The van der Waals surface area contributed by atoms with Crippen LogP contribution in [0.4, 0.5) is 5.69 Å². The summed E-state index contributed by atoms with van der Waals surface area (Å²) in [6, 6.07) is 4.26. The molecular formula is C15H23ClN2O4. The average molecular weight is 331 g/mol. The van der Waals surface area contributed by atoms with E-state index in [1.165, 1.54) is 12.1 Å². The van der Waals surface area contributed by atoms with E-state index in [-0.39, 0.29) is 24.1 Å². The predicted molar refractivity (Wildman–Crippen MR) is 86.7 cm³/mol. The molecule has 0 saturated heterocycles. The van der Waals surface area contributed by atoms with Gasteiger partial charge >= 0.3 is 0 Å². The van der Waals surface area contributed by atoms with Crippen molar-refractivity contribution in [3.63, 3.8) is 0 Å². The number of halogens is 1. The Morgan fingerprint density at radius 2 is 1.95 bits per heavy atom. The van der Waals surface area contributed by atoms with Crippen LogP contribution in [0.2, 0.25) is 0 Å². The van der Waals surface area contributed by atoms with Crippen LogP contribution in [0.5, 0.6) is 5.75 Å². The van der Waals surface area contributed by atoms with Crippen molar-refractivity contribution >= 4 is 18.1 Å². The number of fused-ring (bicyclic) bond motifs is 1. The van der Waals surface area contributed by atoms with Gasteiger partial charge in [0.1, 0.15) is 17.5 Å². The van der Waals surface area contributed by atoms with Gasteiger partial charge in [-0.05, 0) is 33.0 Å². The Morgan fingerprint density at radius 1 is 1.36 bits per heavy atom. The minimum absolute atomic E-state index is 0. The molecular weight excluding hydrogens is 308 g/mol. The van der Waals surface area contributed by atoms with Crippen LogP contribution < -0.4 is 4.74 Å². The fourth-order valence-corrected chi connectivity index (χ4v) is 2.88. The van der Waals surface area contributed by atoms with Crippen molar-refractivity contribution in [2.45, 2.75) is 45.4 Å². The van der Waals surface area contributed by atoms with Gasteiger partial charge in [0.2, 0.25) is 0 Å². The first kappa shape index (κ1) is 18.7. The van der Waals surface area contributed by atoms with Crippen molar-refractivity contribution in [3.8, 4) is 5.75 Å². The third-order valence-corrected chi connectivity index (χ3v) is 4.11. The zero-order chi connectivity index (χ0) is 15.8. The SMILES string of the molecule is CCN(CC)C1c2cc([N+](=O)[O-])ccc2OC(C)(C)C1O.Cl. The van der Waals surface area contributed by atoms with E-state index in [0.29, 0.717) is 11.3 Å². The highest BCUT2D eigenvalue weighted by atomic mass is 35.5. The summed E-state index contributed by atoms with van der Waals surface area (Å²) < 4.78 is 5.84. The van der Waals surface area contributed by atoms with E-state index in [4.69, 9.17) is 4.74 Å². The highest BCUT2D eigenvalue weighted by molar-refractivity contribution is 5.85. The number of non-ortho nitro benzene ring substituents is 1. The maximum absolute atomic E-state index is 11.0. The summed E-state index contributed by atoms with van der Waals surface area (Å²) in [4.78, 5) is 12.7. The molecule has 7 heteroatoms. The maximum atomic E-state index is 11.0. The third kappa shape index (κ3) is 3.19. The van der Waals surface area contributed by atoms with Crippen molar-refractivity contribution in [1.82, 2.24) is 4.90 Å². The second kappa shape index (κ2) is 6.81. The van der Waals surface area contributed by atoms with Crippen LogP contribution in [0.25, 0.3) is 0 Å². The van der Waals surface area contributed by atoms with Gasteiger partial charge in [0, 0.05) is 17.7 Å². The highest BCUT2D eigenvalue weighted by Crippen LogP contribution is 2.43. The molecule has 0 bridgehead atoms. The first-order valence-electron chi connectivity index (χ1n) is 7.21. The van der Waals surface area contributed by atoms with Crippen LogP contribution in [-0.4, -0.2) is 39.7 Å². The number of nitrogens with zero attached hydrogens (tertiary/aromatic N) is 2. The summed E-state index contributed by atoms with van der Waals surface area (Å²) in [6.07, 6.45) is -0.757. The lowest BCUT2D eigenvalue weighted by Gasteiger charge is -2.45. The summed E-state index contributed by atoms with van der Waals surface area (Å²) >= 11 is 0. The van der Waals surface area contributed by atoms with Crippen LogP contribution in [0.15, 0.2) is 18.2 Å². The zero-order valence-electron chi connectivity index (χ0n) is 13.3. The Hall–Kier alpha value is -1.37. The molecule has 0 fully saturated rings. The quantitative estimate of drug-likeness (QED) is 0.678. The van der Waals surface area contributed by atoms with Crippen LogP contribution in [-0.2, 0) is 0 Å². The molecule has 0 aromatic heterocycles. The van der Waals surface area contributed by atoms with E-state index < -0.39 is 16.6 Å². The average Bonchev–Trinajstić information content (AvgIpc) is 2.43. The van der Waals surface area contributed by atoms with Gasteiger partial charge in [-0.1, -0.05) is 13.8 Å². The van der Waals surface area contributed by atoms with Gasteiger partial charge in [-0.2, -0.15) is 0 Å². The Kier molecular flexibility index (Phi) is 5.78. The van der Waals surface area contributed by atoms with Gasteiger partial charge in [0.15, 0.2) is 0 Å². The van der Waals surface area contributed by atoms with Gasteiger partial charge in [0.25, 0.3) is 5.69 Å². The molecule has 1 heterocycles. The van der Waals surface area contributed by atoms with Crippen molar-refractivity contribution < 1.29 is 14.8 Å². The number of benzene rings is 1. The fraction of sp³-hybridized carbons (Fsp3) is 0.600. The predicted octanol–water partition coefficient (Wildman–Crippen LogP) is 2.93. The molecule has 0 radical (unpaired) electrons. The topological polar surface area (TPSA) is 75.8 Å². The minimum Gasteiger partial charge on any atom is -0.485 e. The molecule has 6 nitrogen and oxygen atoms in total. The van der Waals surface area contributed by atoms with E-state index in [1.807, 2.05) is 27.7 Å². The number of likely N-dealkylation sites (N-methyl/N-ethyl adjacent to an activating group) is 1. The molecule has 0 spiro atoms. The number of hydrogen-bond acceptors (Lipinski definition) is 5. The van der Waals surface area contributed by atoms with Crippen molar-refractivity contribution in [2.75, 3.05) is 13.1 Å². The fourth-order valence-electron chi connectivity index (χ4n) is 2.88. The van der Waals surface area contributed by atoms with E-state index >= 15 is 0 Å². The first-order valence-corrected chi connectivity index (χ1v) is 7.21. The van der Waals surface area contributed by atoms with Crippen LogP contribution >= 0.6 is 12.4 Å². The van der Waals surface area contributed by atoms with Gasteiger partial charge in [0.05, 0.1) is 11.0 Å². The van der Waals surface area contributed by atoms with Crippen LogP contribution in [0, 0.1) is 10.1 Å². The molecule has 1 aliphatic heterocycles.